The van der Waals surface area contributed by atoms with Gasteiger partial charge in [-0.15, -0.1) is 0 Å². The highest BCUT2D eigenvalue weighted by Gasteiger charge is 2.25. The van der Waals surface area contributed by atoms with Crippen LogP contribution < -0.4 is 4.90 Å². The molecule has 5 heteroatoms. The molecule has 1 aliphatic heterocycles. The van der Waals surface area contributed by atoms with Gasteiger partial charge in [0, 0.05) is 37.9 Å². The van der Waals surface area contributed by atoms with E-state index >= 15 is 0 Å². The van der Waals surface area contributed by atoms with Crippen LogP contribution in [0.25, 0.3) is 0 Å². The Hall–Kier alpha value is -1.85. The van der Waals surface area contributed by atoms with Gasteiger partial charge in [-0.3, -0.25) is 4.90 Å². The van der Waals surface area contributed by atoms with E-state index in [9.17, 15) is 8.42 Å². The van der Waals surface area contributed by atoms with Crippen LogP contribution in [0, 0.1) is 0 Å². The second-order valence-electron chi connectivity index (χ2n) is 6.30. The Bertz CT molecular complexity index is 747. The summed E-state index contributed by atoms with van der Waals surface area (Å²) in [6, 6.07) is 19.5. The zero-order valence-corrected chi connectivity index (χ0v) is 14.8. The standard InChI is InChI=1S/C19H24N2O2S/c1-17-16-21(18-8-4-2-5-9-18)13-12-20(17)14-15-24(22,23)19-10-6-3-7-11-19/h2-11,17H,12-16H2,1H3/t17-/m0/s1. The number of nitrogens with zero attached hydrogens (tertiary/aromatic N) is 2. The van der Waals surface area contributed by atoms with Crippen LogP contribution in [-0.2, 0) is 9.84 Å². The van der Waals surface area contributed by atoms with E-state index in [1.165, 1.54) is 5.69 Å². The van der Waals surface area contributed by atoms with Gasteiger partial charge in [-0.25, -0.2) is 8.42 Å². The lowest BCUT2D eigenvalue weighted by Gasteiger charge is -2.41. The quantitative estimate of drug-likeness (QED) is 0.836. The van der Waals surface area contributed by atoms with E-state index in [0.717, 1.165) is 19.6 Å². The van der Waals surface area contributed by atoms with Crippen LogP contribution in [0.3, 0.4) is 0 Å². The number of hydrogen-bond acceptors (Lipinski definition) is 4. The number of piperazine rings is 1. The van der Waals surface area contributed by atoms with Crippen LogP contribution in [0.5, 0.6) is 0 Å². The highest BCUT2D eigenvalue weighted by Crippen LogP contribution is 2.19. The maximum atomic E-state index is 12.4. The first-order chi connectivity index (χ1) is 11.6. The van der Waals surface area contributed by atoms with Crippen LogP contribution >= 0.6 is 0 Å². The monoisotopic (exact) mass is 344 g/mol. The Balaban J connectivity index is 1.58. The molecule has 1 saturated heterocycles. The molecule has 2 aromatic carbocycles. The Morgan fingerprint density at radius 2 is 1.58 bits per heavy atom. The summed E-state index contributed by atoms with van der Waals surface area (Å²) in [5.74, 6) is 0.173. The zero-order chi connectivity index (χ0) is 17.0. The molecule has 0 bridgehead atoms. The number of para-hydroxylation sites is 1. The molecule has 0 radical (unpaired) electrons. The third-order valence-electron chi connectivity index (χ3n) is 4.64. The van der Waals surface area contributed by atoms with Gasteiger partial charge in [0.2, 0.25) is 0 Å². The van der Waals surface area contributed by atoms with Crippen molar-refractivity contribution in [3.05, 3.63) is 60.7 Å². The first-order valence-corrected chi connectivity index (χ1v) is 10.0. The maximum absolute atomic E-state index is 12.4. The molecule has 0 aromatic heterocycles. The van der Waals surface area contributed by atoms with Gasteiger partial charge < -0.3 is 4.90 Å². The number of rotatable bonds is 5. The van der Waals surface area contributed by atoms with Crippen molar-refractivity contribution in [2.24, 2.45) is 0 Å². The van der Waals surface area contributed by atoms with Gasteiger partial charge in [-0.1, -0.05) is 36.4 Å². The minimum Gasteiger partial charge on any atom is -0.369 e. The molecule has 24 heavy (non-hydrogen) atoms. The summed E-state index contributed by atoms with van der Waals surface area (Å²) in [6.07, 6.45) is 0. The summed E-state index contributed by atoms with van der Waals surface area (Å²) >= 11 is 0. The fraction of sp³-hybridized carbons (Fsp3) is 0.368. The summed E-state index contributed by atoms with van der Waals surface area (Å²) < 4.78 is 24.9. The summed E-state index contributed by atoms with van der Waals surface area (Å²) in [6.45, 7) is 5.50. The second kappa shape index (κ2) is 7.36. The maximum Gasteiger partial charge on any atom is 0.179 e. The first-order valence-electron chi connectivity index (χ1n) is 8.38. The van der Waals surface area contributed by atoms with Gasteiger partial charge in [0.1, 0.15) is 0 Å². The van der Waals surface area contributed by atoms with Crippen molar-refractivity contribution >= 4 is 15.5 Å². The Morgan fingerprint density at radius 3 is 2.21 bits per heavy atom. The molecule has 0 saturated carbocycles. The van der Waals surface area contributed by atoms with Crippen molar-refractivity contribution in [3.8, 4) is 0 Å². The minimum atomic E-state index is -3.20. The molecule has 2 aromatic rings. The van der Waals surface area contributed by atoms with Crippen molar-refractivity contribution < 1.29 is 8.42 Å². The first kappa shape index (κ1) is 17.0. The number of benzene rings is 2. The predicted molar refractivity (Wildman–Crippen MR) is 98.2 cm³/mol. The van der Waals surface area contributed by atoms with Crippen LogP contribution in [0.4, 0.5) is 5.69 Å². The highest BCUT2D eigenvalue weighted by molar-refractivity contribution is 7.91. The van der Waals surface area contributed by atoms with Gasteiger partial charge in [0.05, 0.1) is 10.6 Å². The van der Waals surface area contributed by atoms with Crippen molar-refractivity contribution in [3.63, 3.8) is 0 Å². The molecule has 128 valence electrons. The van der Waals surface area contributed by atoms with E-state index in [4.69, 9.17) is 0 Å². The smallest absolute Gasteiger partial charge is 0.179 e. The van der Waals surface area contributed by atoms with E-state index in [1.807, 2.05) is 12.1 Å². The largest absolute Gasteiger partial charge is 0.369 e. The molecule has 0 N–H and O–H groups in total. The van der Waals surface area contributed by atoms with Crippen LogP contribution in [0.15, 0.2) is 65.6 Å². The molecule has 0 spiro atoms. The van der Waals surface area contributed by atoms with Crippen LogP contribution in [-0.4, -0.2) is 51.3 Å². The number of anilines is 1. The third-order valence-corrected chi connectivity index (χ3v) is 6.35. The van der Waals surface area contributed by atoms with Crippen molar-refractivity contribution in [1.82, 2.24) is 4.90 Å². The van der Waals surface area contributed by atoms with E-state index in [2.05, 4.69) is 41.0 Å². The lowest BCUT2D eigenvalue weighted by atomic mass is 10.1. The molecule has 3 rings (SSSR count). The Morgan fingerprint density at radius 1 is 0.958 bits per heavy atom. The highest BCUT2D eigenvalue weighted by atomic mass is 32.2. The van der Waals surface area contributed by atoms with E-state index in [0.29, 0.717) is 17.5 Å². The summed E-state index contributed by atoms with van der Waals surface area (Å²) in [5.41, 5.74) is 1.24. The topological polar surface area (TPSA) is 40.6 Å². The summed E-state index contributed by atoms with van der Waals surface area (Å²) in [7, 11) is -3.20. The molecule has 0 unspecified atom stereocenters. The molecule has 0 amide bonds. The number of hydrogen-bond donors (Lipinski definition) is 0. The van der Waals surface area contributed by atoms with Crippen LogP contribution in [0.1, 0.15) is 6.92 Å². The normalized spacial score (nSPS) is 19.4. The second-order valence-corrected chi connectivity index (χ2v) is 8.41. The SMILES string of the molecule is C[C@H]1CN(c2ccccc2)CCN1CCS(=O)(=O)c1ccccc1. The average molecular weight is 344 g/mol. The minimum absolute atomic E-state index is 0.173. The number of sulfone groups is 1. The fourth-order valence-electron chi connectivity index (χ4n) is 3.18. The molecular formula is C19H24N2O2S. The van der Waals surface area contributed by atoms with Gasteiger partial charge >= 0.3 is 0 Å². The lowest BCUT2D eigenvalue weighted by Crippen LogP contribution is -2.53. The van der Waals surface area contributed by atoms with Crippen molar-refractivity contribution in [1.29, 1.82) is 0 Å². The third kappa shape index (κ3) is 3.97. The molecule has 1 heterocycles. The zero-order valence-electron chi connectivity index (χ0n) is 14.0. The fourth-order valence-corrected chi connectivity index (χ4v) is 4.47. The molecule has 1 fully saturated rings. The van der Waals surface area contributed by atoms with Gasteiger partial charge in [-0.05, 0) is 31.2 Å². The summed E-state index contributed by atoms with van der Waals surface area (Å²) in [5, 5.41) is 0. The van der Waals surface area contributed by atoms with Gasteiger partial charge in [0.25, 0.3) is 0 Å². The Labute approximate surface area is 144 Å². The molecule has 0 aliphatic carbocycles. The molecular weight excluding hydrogens is 320 g/mol. The van der Waals surface area contributed by atoms with Crippen molar-refractivity contribution in [2.45, 2.75) is 17.9 Å². The van der Waals surface area contributed by atoms with E-state index in [-0.39, 0.29) is 5.75 Å². The van der Waals surface area contributed by atoms with Gasteiger partial charge in [0.15, 0.2) is 9.84 Å². The lowest BCUT2D eigenvalue weighted by molar-refractivity contribution is 0.200. The predicted octanol–water partition coefficient (Wildman–Crippen LogP) is 2.67. The van der Waals surface area contributed by atoms with E-state index < -0.39 is 9.84 Å². The van der Waals surface area contributed by atoms with Crippen molar-refractivity contribution in [2.75, 3.05) is 36.8 Å². The van der Waals surface area contributed by atoms with E-state index in [1.54, 1.807) is 24.3 Å². The molecule has 1 atom stereocenters. The average Bonchev–Trinajstić information content (AvgIpc) is 2.62. The Kier molecular flexibility index (Phi) is 5.21. The molecule has 1 aliphatic rings. The summed E-state index contributed by atoms with van der Waals surface area (Å²) in [4.78, 5) is 5.06. The van der Waals surface area contributed by atoms with Gasteiger partial charge in [-0.2, -0.15) is 0 Å². The molecule has 4 nitrogen and oxygen atoms in total. The van der Waals surface area contributed by atoms with Crippen LogP contribution in [0.2, 0.25) is 0 Å².